The first-order valence-electron chi connectivity index (χ1n) is 5.92. The summed E-state index contributed by atoms with van der Waals surface area (Å²) in [5.74, 6) is -0.404. The zero-order valence-corrected chi connectivity index (χ0v) is 10.3. The Kier molecular flexibility index (Phi) is 4.13. The summed E-state index contributed by atoms with van der Waals surface area (Å²) in [5, 5.41) is 11.7. The highest BCUT2D eigenvalue weighted by Gasteiger charge is 2.17. The minimum absolute atomic E-state index is 0.0683. The Morgan fingerprint density at radius 3 is 3.11 bits per heavy atom. The van der Waals surface area contributed by atoms with Gasteiger partial charge in [-0.25, -0.2) is 4.39 Å². The van der Waals surface area contributed by atoms with Crippen molar-refractivity contribution in [1.29, 1.82) is 5.26 Å². The highest BCUT2D eigenvalue weighted by atomic mass is 19.1. The van der Waals surface area contributed by atoms with E-state index in [4.69, 9.17) is 10.00 Å². The number of hydrogen-bond donors (Lipinski definition) is 1. The van der Waals surface area contributed by atoms with Gasteiger partial charge >= 0.3 is 0 Å². The molecule has 1 heterocycles. The predicted molar refractivity (Wildman–Crippen MR) is 66.8 cm³/mol. The second kappa shape index (κ2) is 5.80. The largest absolute Gasteiger partial charge is 0.380 e. The maximum absolute atomic E-state index is 13.6. The molecule has 0 amide bonds. The molecule has 0 saturated carbocycles. The van der Waals surface area contributed by atoms with Gasteiger partial charge in [0, 0.05) is 19.6 Å². The lowest BCUT2D eigenvalue weighted by atomic mass is 10.2. The molecule has 0 aliphatic carbocycles. The number of likely N-dealkylation sites (N-methyl/N-ethyl adjacent to an activating group) is 1. The van der Waals surface area contributed by atoms with E-state index in [1.165, 1.54) is 6.07 Å². The summed E-state index contributed by atoms with van der Waals surface area (Å²) in [6.07, 6.45) is 0.0683. The number of morpholine rings is 1. The van der Waals surface area contributed by atoms with Gasteiger partial charge in [0.25, 0.3) is 0 Å². The van der Waals surface area contributed by atoms with Gasteiger partial charge in [-0.3, -0.25) is 0 Å². The maximum Gasteiger partial charge on any atom is 0.147 e. The molecule has 0 radical (unpaired) electrons. The zero-order chi connectivity index (χ0) is 13.0. The van der Waals surface area contributed by atoms with Crippen LogP contribution in [-0.4, -0.2) is 44.3 Å². The summed E-state index contributed by atoms with van der Waals surface area (Å²) in [6.45, 7) is 3.04. The third kappa shape index (κ3) is 3.19. The van der Waals surface area contributed by atoms with Crippen molar-refractivity contribution < 1.29 is 9.13 Å². The number of rotatable bonds is 3. The van der Waals surface area contributed by atoms with Crippen molar-refractivity contribution in [2.45, 2.75) is 6.10 Å². The standard InChI is InChI=1S/C13H16FN3O/c1-17-4-5-18-11(9-17)8-16-13-3-2-10(7-15)6-12(13)14/h2-3,6,11,16H,4-5,8-9H2,1H3. The van der Waals surface area contributed by atoms with Crippen LogP contribution < -0.4 is 5.32 Å². The smallest absolute Gasteiger partial charge is 0.147 e. The van der Waals surface area contributed by atoms with Gasteiger partial charge in [0.1, 0.15) is 5.82 Å². The molecular formula is C13H16FN3O. The monoisotopic (exact) mass is 249 g/mol. The Labute approximate surface area is 106 Å². The van der Waals surface area contributed by atoms with Crippen LogP contribution in [0.2, 0.25) is 0 Å². The van der Waals surface area contributed by atoms with Crippen LogP contribution in [0.3, 0.4) is 0 Å². The van der Waals surface area contributed by atoms with Crippen LogP contribution in [0, 0.1) is 17.1 Å². The molecule has 1 unspecified atom stereocenters. The van der Waals surface area contributed by atoms with E-state index in [0.29, 0.717) is 24.4 Å². The average Bonchev–Trinajstić information content (AvgIpc) is 2.37. The highest BCUT2D eigenvalue weighted by Crippen LogP contribution is 2.16. The first-order chi connectivity index (χ1) is 8.69. The van der Waals surface area contributed by atoms with Crippen molar-refractivity contribution in [1.82, 2.24) is 4.90 Å². The van der Waals surface area contributed by atoms with Crippen molar-refractivity contribution in [2.75, 3.05) is 38.6 Å². The topological polar surface area (TPSA) is 48.3 Å². The van der Waals surface area contributed by atoms with Crippen LogP contribution in [0.1, 0.15) is 5.56 Å². The molecule has 1 aliphatic heterocycles. The third-order valence-electron chi connectivity index (χ3n) is 2.96. The molecule has 5 heteroatoms. The van der Waals surface area contributed by atoms with Crippen LogP contribution in [0.25, 0.3) is 0 Å². The van der Waals surface area contributed by atoms with E-state index >= 15 is 0 Å². The van der Waals surface area contributed by atoms with Crippen LogP contribution in [0.5, 0.6) is 0 Å². The minimum atomic E-state index is -0.404. The Morgan fingerprint density at radius 1 is 1.61 bits per heavy atom. The van der Waals surface area contributed by atoms with Gasteiger partial charge in [-0.1, -0.05) is 0 Å². The molecule has 1 aromatic rings. The molecule has 2 rings (SSSR count). The molecule has 1 N–H and O–H groups in total. The number of nitrogens with zero attached hydrogens (tertiary/aromatic N) is 2. The van der Waals surface area contributed by atoms with Gasteiger partial charge in [-0.05, 0) is 25.2 Å². The summed E-state index contributed by atoms with van der Waals surface area (Å²) in [5.41, 5.74) is 0.734. The molecular weight excluding hydrogens is 233 g/mol. The summed E-state index contributed by atoms with van der Waals surface area (Å²) >= 11 is 0. The second-order valence-corrected chi connectivity index (χ2v) is 4.44. The number of anilines is 1. The van der Waals surface area contributed by atoms with E-state index in [1.807, 2.05) is 13.1 Å². The molecule has 18 heavy (non-hydrogen) atoms. The van der Waals surface area contributed by atoms with Gasteiger partial charge in [0.2, 0.25) is 0 Å². The molecule has 0 aromatic heterocycles. The van der Waals surface area contributed by atoms with E-state index in [9.17, 15) is 4.39 Å². The summed E-state index contributed by atoms with van der Waals surface area (Å²) in [7, 11) is 2.04. The van der Waals surface area contributed by atoms with E-state index in [0.717, 1.165) is 13.1 Å². The maximum atomic E-state index is 13.6. The van der Waals surface area contributed by atoms with Gasteiger partial charge in [0.15, 0.2) is 0 Å². The van der Waals surface area contributed by atoms with Crippen molar-refractivity contribution >= 4 is 5.69 Å². The SMILES string of the molecule is CN1CCOC(CNc2ccc(C#N)cc2F)C1. The number of hydrogen-bond acceptors (Lipinski definition) is 4. The molecule has 1 saturated heterocycles. The first kappa shape index (κ1) is 12.8. The van der Waals surface area contributed by atoms with E-state index in [1.54, 1.807) is 12.1 Å². The Hall–Kier alpha value is -1.64. The lowest BCUT2D eigenvalue weighted by molar-refractivity contribution is -0.0117. The van der Waals surface area contributed by atoms with Crippen LogP contribution in [-0.2, 0) is 4.74 Å². The number of nitriles is 1. The minimum Gasteiger partial charge on any atom is -0.380 e. The van der Waals surface area contributed by atoms with Gasteiger partial charge in [-0.15, -0.1) is 0 Å². The third-order valence-corrected chi connectivity index (χ3v) is 2.96. The molecule has 4 nitrogen and oxygen atoms in total. The fourth-order valence-corrected chi connectivity index (χ4v) is 1.94. The average molecular weight is 249 g/mol. The van der Waals surface area contributed by atoms with Crippen molar-refractivity contribution in [3.63, 3.8) is 0 Å². The molecule has 1 aromatic carbocycles. The number of benzene rings is 1. The van der Waals surface area contributed by atoms with E-state index < -0.39 is 5.82 Å². The van der Waals surface area contributed by atoms with Crippen molar-refractivity contribution in [3.8, 4) is 6.07 Å². The van der Waals surface area contributed by atoms with Crippen molar-refractivity contribution in [3.05, 3.63) is 29.6 Å². The van der Waals surface area contributed by atoms with Gasteiger partial charge in [-0.2, -0.15) is 5.26 Å². The van der Waals surface area contributed by atoms with Crippen molar-refractivity contribution in [2.24, 2.45) is 0 Å². The van der Waals surface area contributed by atoms with E-state index in [-0.39, 0.29) is 6.10 Å². The fraction of sp³-hybridized carbons (Fsp3) is 0.462. The van der Waals surface area contributed by atoms with Crippen LogP contribution in [0.15, 0.2) is 18.2 Å². The second-order valence-electron chi connectivity index (χ2n) is 4.44. The van der Waals surface area contributed by atoms with E-state index in [2.05, 4.69) is 10.2 Å². The van der Waals surface area contributed by atoms with Crippen LogP contribution >= 0.6 is 0 Å². The number of nitrogens with one attached hydrogen (secondary N) is 1. The Balaban J connectivity index is 1.92. The summed E-state index contributed by atoms with van der Waals surface area (Å²) < 4.78 is 19.2. The molecule has 0 spiro atoms. The number of halogens is 1. The zero-order valence-electron chi connectivity index (χ0n) is 10.3. The highest BCUT2D eigenvalue weighted by molar-refractivity contribution is 5.48. The molecule has 1 aliphatic rings. The van der Waals surface area contributed by atoms with Gasteiger partial charge < -0.3 is 15.0 Å². The Bertz CT molecular complexity index is 458. The lowest BCUT2D eigenvalue weighted by Crippen LogP contribution is -2.43. The van der Waals surface area contributed by atoms with Gasteiger partial charge in [0.05, 0.1) is 30.0 Å². The predicted octanol–water partition coefficient (Wildman–Crippen LogP) is 1.44. The molecule has 96 valence electrons. The lowest BCUT2D eigenvalue weighted by Gasteiger charge is -2.30. The number of ether oxygens (including phenoxy) is 1. The molecule has 0 bridgehead atoms. The Morgan fingerprint density at radius 2 is 2.44 bits per heavy atom. The summed E-state index contributed by atoms with van der Waals surface area (Å²) in [6, 6.07) is 6.32. The summed E-state index contributed by atoms with van der Waals surface area (Å²) in [4.78, 5) is 2.19. The quantitative estimate of drug-likeness (QED) is 0.880. The molecule has 1 fully saturated rings. The van der Waals surface area contributed by atoms with Crippen LogP contribution in [0.4, 0.5) is 10.1 Å². The normalized spacial score (nSPS) is 20.4. The molecule has 1 atom stereocenters. The fourth-order valence-electron chi connectivity index (χ4n) is 1.94. The first-order valence-corrected chi connectivity index (χ1v) is 5.92.